The van der Waals surface area contributed by atoms with Crippen LogP contribution in [-0.2, 0) is 52.1 Å². The van der Waals surface area contributed by atoms with E-state index in [9.17, 15) is 18.4 Å². The van der Waals surface area contributed by atoms with Crippen molar-refractivity contribution in [1.29, 1.82) is 10.5 Å². The molecule has 2 aromatic rings. The first-order chi connectivity index (χ1) is 13.7. The van der Waals surface area contributed by atoms with E-state index in [2.05, 4.69) is 17.5 Å². The second-order valence-corrected chi connectivity index (χ2v) is 7.15. The zero-order chi connectivity index (χ0) is 22.3. The second-order valence-electron chi connectivity index (χ2n) is 5.68. The third-order valence-corrected chi connectivity index (χ3v) is 4.44. The van der Waals surface area contributed by atoms with Gasteiger partial charge in [0.2, 0.25) is 0 Å². The summed E-state index contributed by atoms with van der Waals surface area (Å²) in [4.78, 5) is 0. The molecule has 0 saturated heterocycles. The van der Waals surface area contributed by atoms with Gasteiger partial charge < -0.3 is 13.2 Å². The van der Waals surface area contributed by atoms with E-state index in [0.717, 1.165) is 20.9 Å². The van der Waals surface area contributed by atoms with Crippen LogP contribution in [0.4, 0.5) is 13.2 Å². The molecule has 0 saturated carbocycles. The van der Waals surface area contributed by atoms with Gasteiger partial charge in [-0.15, -0.1) is 0 Å². The Labute approximate surface area is 211 Å². The molecule has 0 fully saturated rings. The van der Waals surface area contributed by atoms with Crippen molar-refractivity contribution in [3.05, 3.63) is 72.4 Å². The summed E-state index contributed by atoms with van der Waals surface area (Å²) in [6.07, 6.45) is 0. The number of benzene rings is 2. The van der Waals surface area contributed by atoms with Crippen LogP contribution in [0.15, 0.2) is 48.5 Å². The van der Waals surface area contributed by atoms with Gasteiger partial charge in [-0.25, -0.2) is 0 Å². The number of ether oxygens (including phenoxy) is 1. The molecule has 0 aromatic heterocycles. The molecular formula is C21H20F3N3OWY-2. The Balaban J connectivity index is 0. The molecule has 1 radical (unpaired) electrons. The Morgan fingerprint density at radius 3 is 2.17 bits per heavy atom. The third kappa shape index (κ3) is 13.8. The van der Waals surface area contributed by atoms with Crippen LogP contribution in [0.5, 0.6) is 5.75 Å². The fourth-order valence-corrected chi connectivity index (χ4v) is 3.20. The van der Waals surface area contributed by atoms with Crippen molar-refractivity contribution in [2.75, 3.05) is 6.61 Å². The van der Waals surface area contributed by atoms with Crippen LogP contribution in [0, 0.1) is 42.3 Å². The second kappa shape index (κ2) is 17.3. The van der Waals surface area contributed by atoms with E-state index in [1.807, 2.05) is 62.4 Å². The van der Waals surface area contributed by atoms with E-state index in [1.54, 1.807) is 6.07 Å². The maximum Gasteiger partial charge on any atom is 0.154 e. The monoisotopic (exact) mass is 660 g/mol. The van der Waals surface area contributed by atoms with Crippen LogP contribution in [0.3, 0.4) is 0 Å². The first-order valence-electron chi connectivity index (χ1n) is 8.21. The van der Waals surface area contributed by atoms with Crippen molar-refractivity contribution in [2.24, 2.45) is 0 Å². The molecule has 0 amide bonds. The Morgan fingerprint density at radius 1 is 1.20 bits per heavy atom. The fourth-order valence-electron chi connectivity index (χ4n) is 1.90. The molecule has 0 aliphatic carbocycles. The number of hydrogen-bond acceptors (Lipinski definition) is 4. The summed E-state index contributed by atoms with van der Waals surface area (Å²) in [5.74, 6) is 0.810. The molecule has 0 heterocycles. The standard InChI is InChI=1S/C18H17N2O.C2H3N.CF3.W.Y/c1-15-8-6-7-11-17(15)21-14-18(2,13-19)20-12-16-9-4-3-5-10-16;1-2-3;2-1(3)4;;/h4-11,20H,14H2,1-2H3;1H3;;;/q-1;;-1;;. The van der Waals surface area contributed by atoms with Crippen LogP contribution in [0.2, 0.25) is 0 Å². The number of halogens is 3. The number of hydrogen-bond donors (Lipinski definition) is 1. The minimum atomic E-state index is -3.08. The summed E-state index contributed by atoms with van der Waals surface area (Å²) in [6, 6.07) is 22.6. The summed E-state index contributed by atoms with van der Waals surface area (Å²) >= 11 is 1.28. The van der Waals surface area contributed by atoms with E-state index in [-0.39, 0.29) is 39.3 Å². The van der Waals surface area contributed by atoms with E-state index < -0.39 is 12.2 Å². The van der Waals surface area contributed by atoms with Crippen molar-refractivity contribution in [2.45, 2.75) is 26.3 Å². The molecule has 0 spiro atoms. The summed E-state index contributed by atoms with van der Waals surface area (Å²) in [5.41, 5.74) is 1.36. The van der Waals surface area contributed by atoms with E-state index in [4.69, 9.17) is 10.00 Å². The van der Waals surface area contributed by atoms with Crippen LogP contribution in [-0.4, -0.2) is 16.2 Å². The zero-order valence-corrected chi connectivity index (χ0v) is 22.5. The van der Waals surface area contributed by atoms with Gasteiger partial charge in [0.05, 0.1) is 6.07 Å². The first kappa shape index (κ1) is 30.8. The van der Waals surface area contributed by atoms with Crippen LogP contribution < -0.4 is 10.1 Å². The fraction of sp³-hybridized carbons (Fsp3) is 0.238. The van der Waals surface area contributed by atoms with Gasteiger partial charge in [-0.3, -0.25) is 0 Å². The summed E-state index contributed by atoms with van der Waals surface area (Å²) in [5, 5.41) is 20.1. The number of para-hydroxylation sites is 1. The maximum atomic E-state index is 9.58. The average Bonchev–Trinajstić information content (AvgIpc) is 2.68. The minimum Gasteiger partial charge on any atom is -0.385 e. The molecule has 4 nitrogen and oxygen atoms in total. The Morgan fingerprint density at radius 2 is 1.70 bits per heavy atom. The Hall–Kier alpha value is -1.37. The molecule has 0 aliphatic rings. The Bertz CT molecular complexity index is 839. The number of aryl methyl sites for hydroxylation is 1. The molecule has 0 bridgehead atoms. The van der Waals surface area contributed by atoms with Gasteiger partial charge in [0, 0.05) is 39.6 Å². The molecule has 2 rings (SSSR count). The van der Waals surface area contributed by atoms with Crippen LogP contribution in [0.1, 0.15) is 25.0 Å². The molecular weight excluding hydrogens is 640 g/mol. The van der Waals surface area contributed by atoms with E-state index in [0.29, 0.717) is 0 Å². The van der Waals surface area contributed by atoms with Gasteiger partial charge in [-0.2, -0.15) is 5.26 Å². The van der Waals surface area contributed by atoms with Gasteiger partial charge >= 0.3 is 142 Å². The number of rotatable bonds is 6. The molecule has 30 heavy (non-hydrogen) atoms. The zero-order valence-electron chi connectivity index (χ0n) is 16.7. The van der Waals surface area contributed by atoms with Gasteiger partial charge in [-0.1, -0.05) is 0 Å². The summed E-state index contributed by atoms with van der Waals surface area (Å²) in [6.45, 7) is 2.47. The average molecular weight is 660 g/mol. The third-order valence-electron chi connectivity index (χ3n) is 3.23. The predicted octanol–water partition coefficient (Wildman–Crippen LogP) is 4.64. The van der Waals surface area contributed by atoms with Crippen LogP contribution in [0.25, 0.3) is 0 Å². The van der Waals surface area contributed by atoms with Crippen molar-refractivity contribution < 1.29 is 70.0 Å². The molecule has 0 aliphatic heterocycles. The van der Waals surface area contributed by atoms with Crippen molar-refractivity contribution in [3.8, 4) is 17.9 Å². The smallest absolute Gasteiger partial charge is 0.154 e. The molecule has 9 heteroatoms. The van der Waals surface area contributed by atoms with E-state index in [1.165, 1.54) is 26.3 Å². The van der Waals surface area contributed by atoms with Gasteiger partial charge in [0.1, 0.15) is 0 Å². The summed E-state index contributed by atoms with van der Waals surface area (Å²) in [7, 11) is 0. The van der Waals surface area contributed by atoms with Gasteiger partial charge in [-0.05, 0) is 0 Å². The number of nitrogens with zero attached hydrogens (tertiary/aromatic N) is 2. The quantitative estimate of drug-likeness (QED) is 0.459. The van der Waals surface area contributed by atoms with Gasteiger partial charge in [0.25, 0.3) is 0 Å². The molecule has 1 atom stereocenters. The topological polar surface area (TPSA) is 68.8 Å². The van der Waals surface area contributed by atoms with Crippen molar-refractivity contribution in [1.82, 2.24) is 5.32 Å². The van der Waals surface area contributed by atoms with Crippen molar-refractivity contribution in [3.63, 3.8) is 0 Å². The maximum absolute atomic E-state index is 9.58. The van der Waals surface area contributed by atoms with Crippen molar-refractivity contribution >= 4 is 4.02 Å². The first-order valence-corrected chi connectivity index (χ1v) is 9.68. The van der Waals surface area contributed by atoms with Gasteiger partial charge in [0.15, 0.2) is 6.68 Å². The largest absolute Gasteiger partial charge is 0.385 e. The predicted molar refractivity (Wildman–Crippen MR) is 101 cm³/mol. The number of nitrogens with one attached hydrogen (secondary N) is 1. The molecule has 157 valence electrons. The molecule has 1 N–H and O–H groups in total. The minimum absolute atomic E-state index is 0. The summed E-state index contributed by atoms with van der Waals surface area (Å²) < 4.78 is 35.6. The van der Waals surface area contributed by atoms with Crippen LogP contribution >= 0.6 is 0 Å². The normalized spacial score (nSPS) is 11.0. The molecule has 1 unspecified atom stereocenters. The number of nitriles is 2. The van der Waals surface area contributed by atoms with E-state index >= 15 is 0 Å². The molecule has 2 aromatic carbocycles. The SMILES string of the molecule is CC#N.Cc1ccccc1OCC(C)(C#N)N[C](=[W])c1cc[c-]cc1.F[C-](F)F.[Y]. The Kier molecular flexibility index (Phi) is 17.8.